The molecule has 0 radical (unpaired) electrons. The van der Waals surface area contributed by atoms with Gasteiger partial charge >= 0.3 is 5.97 Å². The molecule has 1 aromatic carbocycles. The molecule has 0 unspecified atom stereocenters. The highest BCUT2D eigenvalue weighted by Gasteiger charge is 2.08. The van der Waals surface area contributed by atoms with Gasteiger partial charge < -0.3 is 4.74 Å². The molecule has 0 spiro atoms. The largest absolute Gasteiger partial charge is 0.466 e. The summed E-state index contributed by atoms with van der Waals surface area (Å²) in [5, 5.41) is 0. The number of alkyl halides is 1. The van der Waals surface area contributed by atoms with Crippen molar-refractivity contribution in [1.82, 2.24) is 0 Å². The summed E-state index contributed by atoms with van der Waals surface area (Å²) >= 11 is 5.71. The first-order valence-electron chi connectivity index (χ1n) is 5.97. The second-order valence-electron chi connectivity index (χ2n) is 4.05. The fraction of sp³-hybridized carbons (Fsp3) is 0.500. The molecule has 3 heteroatoms. The third-order valence-electron chi connectivity index (χ3n) is 2.58. The molecule has 0 fully saturated rings. The first-order valence-corrected chi connectivity index (χ1v) is 6.50. The van der Waals surface area contributed by atoms with Crippen molar-refractivity contribution in [3.05, 3.63) is 34.9 Å². The Kier molecular flexibility index (Phi) is 6.06. The van der Waals surface area contributed by atoms with Crippen LogP contribution in [0.2, 0.25) is 0 Å². The number of hydrogen-bond acceptors (Lipinski definition) is 2. The average molecular weight is 255 g/mol. The van der Waals surface area contributed by atoms with Crippen molar-refractivity contribution >= 4 is 17.6 Å². The first-order chi connectivity index (χ1) is 8.17. The number of hydrogen-bond donors (Lipinski definition) is 0. The summed E-state index contributed by atoms with van der Waals surface area (Å²) in [6, 6.07) is 6.16. The third kappa shape index (κ3) is 4.78. The van der Waals surface area contributed by atoms with Crippen molar-refractivity contribution in [2.75, 3.05) is 12.5 Å². The topological polar surface area (TPSA) is 26.3 Å². The minimum absolute atomic E-state index is 0.163. The van der Waals surface area contributed by atoms with E-state index in [2.05, 4.69) is 13.0 Å². The maximum atomic E-state index is 11.5. The molecule has 0 atom stereocenters. The van der Waals surface area contributed by atoms with Gasteiger partial charge in [0.15, 0.2) is 0 Å². The van der Waals surface area contributed by atoms with E-state index in [4.69, 9.17) is 16.3 Å². The van der Waals surface area contributed by atoms with E-state index < -0.39 is 0 Å². The quantitative estimate of drug-likeness (QED) is 0.575. The third-order valence-corrected chi connectivity index (χ3v) is 2.85. The standard InChI is InChI=1S/C14H19ClO2/c1-3-17-14(16)10-13-7-6-11(2)9-12(13)5-4-8-15/h6-7,9H,3-5,8,10H2,1-2H3. The van der Waals surface area contributed by atoms with Crippen molar-refractivity contribution in [2.24, 2.45) is 0 Å². The van der Waals surface area contributed by atoms with Crippen molar-refractivity contribution in [2.45, 2.75) is 33.1 Å². The summed E-state index contributed by atoms with van der Waals surface area (Å²) in [4.78, 5) is 11.5. The SMILES string of the molecule is CCOC(=O)Cc1ccc(C)cc1CCCCl. The Morgan fingerprint density at radius 2 is 2.12 bits per heavy atom. The van der Waals surface area contributed by atoms with Gasteiger partial charge in [0.2, 0.25) is 0 Å². The van der Waals surface area contributed by atoms with E-state index in [0.717, 1.165) is 18.4 Å². The average Bonchev–Trinajstić information content (AvgIpc) is 2.30. The van der Waals surface area contributed by atoms with E-state index >= 15 is 0 Å². The van der Waals surface area contributed by atoms with Crippen LogP contribution in [-0.2, 0) is 22.4 Å². The lowest BCUT2D eigenvalue weighted by Crippen LogP contribution is -2.09. The van der Waals surface area contributed by atoms with Gasteiger partial charge in [0.1, 0.15) is 0 Å². The first kappa shape index (κ1) is 14.0. The Balaban J connectivity index is 2.78. The molecule has 17 heavy (non-hydrogen) atoms. The van der Waals surface area contributed by atoms with Crippen LogP contribution in [0.25, 0.3) is 0 Å². The fourth-order valence-electron chi connectivity index (χ4n) is 1.78. The summed E-state index contributed by atoms with van der Waals surface area (Å²) in [5.41, 5.74) is 3.47. The second kappa shape index (κ2) is 7.33. The lowest BCUT2D eigenvalue weighted by molar-refractivity contribution is -0.142. The Hall–Kier alpha value is -1.02. The van der Waals surface area contributed by atoms with Gasteiger partial charge in [-0.3, -0.25) is 4.79 Å². The minimum Gasteiger partial charge on any atom is -0.466 e. The molecule has 0 N–H and O–H groups in total. The molecule has 0 aliphatic carbocycles. The van der Waals surface area contributed by atoms with Gasteiger partial charge in [-0.15, -0.1) is 11.6 Å². The van der Waals surface area contributed by atoms with Crippen LogP contribution in [0.5, 0.6) is 0 Å². The summed E-state index contributed by atoms with van der Waals surface area (Å²) in [6.07, 6.45) is 2.20. The van der Waals surface area contributed by atoms with Crippen molar-refractivity contribution in [3.8, 4) is 0 Å². The van der Waals surface area contributed by atoms with Crippen LogP contribution in [0.1, 0.15) is 30.0 Å². The molecule has 1 rings (SSSR count). The molecular formula is C14H19ClO2. The van der Waals surface area contributed by atoms with Gasteiger partial charge in [-0.1, -0.05) is 23.8 Å². The zero-order chi connectivity index (χ0) is 12.7. The Labute approximate surface area is 108 Å². The normalized spacial score (nSPS) is 10.3. The maximum absolute atomic E-state index is 11.5. The van der Waals surface area contributed by atoms with Crippen molar-refractivity contribution in [1.29, 1.82) is 0 Å². The number of carbonyl (C=O) groups is 1. The Bertz CT molecular complexity index is 374. The van der Waals surface area contributed by atoms with Crippen LogP contribution < -0.4 is 0 Å². The number of esters is 1. The van der Waals surface area contributed by atoms with Crippen LogP contribution in [-0.4, -0.2) is 18.5 Å². The number of ether oxygens (including phenoxy) is 1. The van der Waals surface area contributed by atoms with Gasteiger partial charge in [-0.05, 0) is 37.8 Å². The zero-order valence-corrected chi connectivity index (χ0v) is 11.2. The summed E-state index contributed by atoms with van der Waals surface area (Å²) in [7, 11) is 0. The molecule has 94 valence electrons. The minimum atomic E-state index is -0.163. The van der Waals surface area contributed by atoms with E-state index in [1.807, 2.05) is 19.1 Å². The lowest BCUT2D eigenvalue weighted by Gasteiger charge is -2.09. The lowest BCUT2D eigenvalue weighted by atomic mass is 9.98. The smallest absolute Gasteiger partial charge is 0.310 e. The molecular weight excluding hydrogens is 236 g/mol. The van der Waals surface area contributed by atoms with E-state index in [1.54, 1.807) is 0 Å². The van der Waals surface area contributed by atoms with E-state index in [1.165, 1.54) is 11.1 Å². The molecule has 0 aliphatic rings. The van der Waals surface area contributed by atoms with Gasteiger partial charge in [0.25, 0.3) is 0 Å². The predicted octanol–water partition coefficient (Wildman–Crippen LogP) is 3.27. The van der Waals surface area contributed by atoms with Crippen molar-refractivity contribution < 1.29 is 9.53 Å². The van der Waals surface area contributed by atoms with E-state index in [0.29, 0.717) is 18.9 Å². The molecule has 0 saturated carbocycles. The molecule has 0 aliphatic heterocycles. The highest BCUT2D eigenvalue weighted by Crippen LogP contribution is 2.15. The molecule has 2 nitrogen and oxygen atoms in total. The predicted molar refractivity (Wildman–Crippen MR) is 70.6 cm³/mol. The van der Waals surface area contributed by atoms with E-state index in [-0.39, 0.29) is 5.97 Å². The molecule has 0 bridgehead atoms. The highest BCUT2D eigenvalue weighted by atomic mass is 35.5. The summed E-state index contributed by atoms with van der Waals surface area (Å²) < 4.78 is 4.97. The Morgan fingerprint density at radius 1 is 1.35 bits per heavy atom. The second-order valence-corrected chi connectivity index (χ2v) is 4.42. The molecule has 0 aromatic heterocycles. The molecule has 0 heterocycles. The monoisotopic (exact) mass is 254 g/mol. The van der Waals surface area contributed by atoms with Crippen LogP contribution in [0.4, 0.5) is 0 Å². The number of aryl methyl sites for hydroxylation is 2. The summed E-state index contributed by atoms with van der Waals surface area (Å²) in [5.74, 6) is 0.482. The van der Waals surface area contributed by atoms with Crippen LogP contribution in [0, 0.1) is 6.92 Å². The number of rotatable bonds is 6. The van der Waals surface area contributed by atoms with Gasteiger partial charge in [0, 0.05) is 5.88 Å². The van der Waals surface area contributed by atoms with Gasteiger partial charge in [-0.2, -0.15) is 0 Å². The molecule has 1 aromatic rings. The number of carbonyl (C=O) groups excluding carboxylic acids is 1. The number of halogens is 1. The van der Waals surface area contributed by atoms with Gasteiger partial charge in [0.05, 0.1) is 13.0 Å². The fourth-order valence-corrected chi connectivity index (χ4v) is 1.92. The van der Waals surface area contributed by atoms with Gasteiger partial charge in [-0.25, -0.2) is 0 Å². The Morgan fingerprint density at radius 3 is 2.76 bits per heavy atom. The molecule has 0 saturated heterocycles. The van der Waals surface area contributed by atoms with Crippen LogP contribution in [0.3, 0.4) is 0 Å². The number of benzene rings is 1. The van der Waals surface area contributed by atoms with Crippen LogP contribution >= 0.6 is 11.6 Å². The van der Waals surface area contributed by atoms with E-state index in [9.17, 15) is 4.79 Å². The van der Waals surface area contributed by atoms with Crippen molar-refractivity contribution in [3.63, 3.8) is 0 Å². The maximum Gasteiger partial charge on any atom is 0.310 e. The summed E-state index contributed by atoms with van der Waals surface area (Å²) in [6.45, 7) is 4.31. The molecule has 0 amide bonds. The zero-order valence-electron chi connectivity index (χ0n) is 10.5. The van der Waals surface area contributed by atoms with Crippen LogP contribution in [0.15, 0.2) is 18.2 Å². The highest BCUT2D eigenvalue weighted by molar-refractivity contribution is 6.17.